The number of carbonyl (C=O) groups is 3. The highest BCUT2D eigenvalue weighted by Gasteiger charge is 2.17. The zero-order chi connectivity index (χ0) is 14.6. The number of carbonyl (C=O) groups excluding carboxylic acids is 1. The predicted molar refractivity (Wildman–Crippen MR) is 65.1 cm³/mol. The van der Waals surface area contributed by atoms with E-state index in [4.69, 9.17) is 10.2 Å². The molecule has 0 fully saturated rings. The molecule has 0 aliphatic heterocycles. The van der Waals surface area contributed by atoms with Gasteiger partial charge >= 0.3 is 11.9 Å². The summed E-state index contributed by atoms with van der Waals surface area (Å²) in [6.07, 6.45) is 0.693. The van der Waals surface area contributed by atoms with Crippen molar-refractivity contribution in [2.75, 3.05) is 5.32 Å². The molecule has 100 valence electrons. The van der Waals surface area contributed by atoms with Gasteiger partial charge in [-0.05, 0) is 19.1 Å². The largest absolute Gasteiger partial charge is 0.507 e. The van der Waals surface area contributed by atoms with Crippen LogP contribution in [0.1, 0.15) is 17.3 Å². The highest BCUT2D eigenvalue weighted by Crippen LogP contribution is 2.25. The first kappa shape index (κ1) is 14.2. The van der Waals surface area contributed by atoms with Crippen molar-refractivity contribution in [3.05, 3.63) is 35.4 Å². The van der Waals surface area contributed by atoms with Gasteiger partial charge in [0.15, 0.2) is 0 Å². The molecular formula is C12H11NO6. The van der Waals surface area contributed by atoms with Crippen LogP contribution in [0.15, 0.2) is 29.8 Å². The van der Waals surface area contributed by atoms with Crippen molar-refractivity contribution in [3.8, 4) is 5.75 Å². The number of aliphatic carboxylic acids is 1. The number of aromatic hydroxyl groups is 1. The fourth-order valence-corrected chi connectivity index (χ4v) is 1.34. The lowest BCUT2D eigenvalue weighted by Crippen LogP contribution is -2.16. The average Bonchev–Trinajstić information content (AvgIpc) is 2.27. The quantitative estimate of drug-likeness (QED) is 0.603. The SMILES string of the molecule is C/C(=C/C(=O)O)C(=O)Nc1cccc(O)c1C(=O)O. The van der Waals surface area contributed by atoms with Crippen molar-refractivity contribution in [2.45, 2.75) is 6.92 Å². The normalized spacial score (nSPS) is 10.9. The molecule has 0 heterocycles. The van der Waals surface area contributed by atoms with Crippen LogP contribution in [-0.2, 0) is 9.59 Å². The van der Waals surface area contributed by atoms with Crippen LogP contribution < -0.4 is 5.32 Å². The number of hydrogen-bond acceptors (Lipinski definition) is 4. The molecule has 0 bridgehead atoms. The molecule has 0 aliphatic carbocycles. The second-order valence-electron chi connectivity index (χ2n) is 3.62. The molecule has 7 nitrogen and oxygen atoms in total. The fourth-order valence-electron chi connectivity index (χ4n) is 1.34. The summed E-state index contributed by atoms with van der Waals surface area (Å²) >= 11 is 0. The molecule has 0 saturated carbocycles. The molecule has 0 aromatic heterocycles. The van der Waals surface area contributed by atoms with E-state index < -0.39 is 29.2 Å². The Kier molecular flexibility index (Phi) is 4.25. The zero-order valence-electron chi connectivity index (χ0n) is 9.88. The molecule has 1 rings (SSSR count). The van der Waals surface area contributed by atoms with Crippen LogP contribution in [0.3, 0.4) is 0 Å². The van der Waals surface area contributed by atoms with Gasteiger partial charge in [-0.15, -0.1) is 0 Å². The number of benzene rings is 1. The Morgan fingerprint density at radius 2 is 1.84 bits per heavy atom. The first-order valence-corrected chi connectivity index (χ1v) is 5.10. The number of nitrogens with one attached hydrogen (secondary N) is 1. The van der Waals surface area contributed by atoms with Crippen molar-refractivity contribution in [1.29, 1.82) is 0 Å². The summed E-state index contributed by atoms with van der Waals surface area (Å²) in [6, 6.07) is 3.81. The summed E-state index contributed by atoms with van der Waals surface area (Å²) in [4.78, 5) is 33.0. The lowest BCUT2D eigenvalue weighted by Gasteiger charge is -2.09. The lowest BCUT2D eigenvalue weighted by atomic mass is 10.1. The van der Waals surface area contributed by atoms with Gasteiger partial charge in [0, 0.05) is 11.6 Å². The zero-order valence-corrected chi connectivity index (χ0v) is 9.88. The standard InChI is InChI=1S/C12H11NO6/c1-6(5-9(15)16)11(17)13-7-3-2-4-8(14)10(7)12(18)19/h2-5,14H,1H3,(H,13,17)(H,15,16)(H,18,19)/b6-5-. The van der Waals surface area contributed by atoms with Crippen molar-refractivity contribution >= 4 is 23.5 Å². The van der Waals surface area contributed by atoms with E-state index in [1.807, 2.05) is 0 Å². The smallest absolute Gasteiger partial charge is 0.341 e. The molecule has 0 unspecified atom stereocenters. The van der Waals surface area contributed by atoms with Crippen LogP contribution >= 0.6 is 0 Å². The van der Waals surface area contributed by atoms with Gasteiger partial charge < -0.3 is 20.6 Å². The van der Waals surface area contributed by atoms with Crippen molar-refractivity contribution in [2.24, 2.45) is 0 Å². The van der Waals surface area contributed by atoms with Crippen LogP contribution in [0.25, 0.3) is 0 Å². The molecule has 0 atom stereocenters. The second kappa shape index (κ2) is 5.67. The number of anilines is 1. The van der Waals surface area contributed by atoms with Gasteiger partial charge in [0.2, 0.25) is 0 Å². The van der Waals surface area contributed by atoms with E-state index in [0.29, 0.717) is 6.08 Å². The van der Waals surface area contributed by atoms with Crippen molar-refractivity contribution in [3.63, 3.8) is 0 Å². The number of carboxylic acid groups (broad SMARTS) is 2. The molecule has 7 heteroatoms. The van der Waals surface area contributed by atoms with E-state index in [2.05, 4.69) is 5.32 Å². The molecule has 0 aliphatic rings. The van der Waals surface area contributed by atoms with Crippen LogP contribution in [0.4, 0.5) is 5.69 Å². The lowest BCUT2D eigenvalue weighted by molar-refractivity contribution is -0.131. The Balaban J connectivity index is 3.07. The van der Waals surface area contributed by atoms with Crippen molar-refractivity contribution < 1.29 is 29.7 Å². The monoisotopic (exact) mass is 265 g/mol. The van der Waals surface area contributed by atoms with Crippen molar-refractivity contribution in [1.82, 2.24) is 0 Å². The summed E-state index contributed by atoms with van der Waals surface area (Å²) in [5, 5.41) is 29.1. The fraction of sp³-hybridized carbons (Fsp3) is 0.0833. The minimum absolute atomic E-state index is 0.104. The third kappa shape index (κ3) is 3.56. The molecule has 0 saturated heterocycles. The molecule has 4 N–H and O–H groups in total. The number of amides is 1. The summed E-state index contributed by atoms with van der Waals surface area (Å²) < 4.78 is 0. The Morgan fingerprint density at radius 3 is 2.37 bits per heavy atom. The van der Waals surface area contributed by atoms with Gasteiger partial charge in [-0.2, -0.15) is 0 Å². The highest BCUT2D eigenvalue weighted by molar-refractivity contribution is 6.09. The first-order valence-electron chi connectivity index (χ1n) is 5.10. The van der Waals surface area contributed by atoms with E-state index >= 15 is 0 Å². The van der Waals surface area contributed by atoms with Gasteiger partial charge in [0.25, 0.3) is 5.91 Å². The van der Waals surface area contributed by atoms with Gasteiger partial charge in [-0.3, -0.25) is 4.79 Å². The average molecular weight is 265 g/mol. The minimum atomic E-state index is -1.41. The third-order valence-electron chi connectivity index (χ3n) is 2.20. The van der Waals surface area contributed by atoms with Gasteiger partial charge in [-0.1, -0.05) is 6.07 Å². The van der Waals surface area contributed by atoms with E-state index in [-0.39, 0.29) is 11.3 Å². The molecule has 19 heavy (non-hydrogen) atoms. The number of phenols is 1. The second-order valence-corrected chi connectivity index (χ2v) is 3.62. The van der Waals surface area contributed by atoms with Gasteiger partial charge in [-0.25, -0.2) is 9.59 Å². The van der Waals surface area contributed by atoms with E-state index in [9.17, 15) is 19.5 Å². The number of hydrogen-bond donors (Lipinski definition) is 4. The molecular weight excluding hydrogens is 254 g/mol. The molecule has 1 aromatic carbocycles. The van der Waals surface area contributed by atoms with Gasteiger partial charge in [0.05, 0.1) is 5.69 Å². The highest BCUT2D eigenvalue weighted by atomic mass is 16.4. The van der Waals surface area contributed by atoms with Crippen LogP contribution in [-0.4, -0.2) is 33.2 Å². The maximum atomic E-state index is 11.6. The third-order valence-corrected chi connectivity index (χ3v) is 2.20. The van der Waals surface area contributed by atoms with Gasteiger partial charge in [0.1, 0.15) is 11.3 Å². The summed E-state index contributed by atoms with van der Waals surface area (Å²) in [5.41, 5.74) is -0.679. The molecule has 0 radical (unpaired) electrons. The van der Waals surface area contributed by atoms with Crippen LogP contribution in [0.2, 0.25) is 0 Å². The Bertz CT molecular complexity index is 576. The first-order chi connectivity index (χ1) is 8.82. The molecule has 0 spiro atoms. The number of aromatic carboxylic acids is 1. The topological polar surface area (TPSA) is 124 Å². The summed E-state index contributed by atoms with van der Waals surface area (Å²) in [7, 11) is 0. The minimum Gasteiger partial charge on any atom is -0.507 e. The Morgan fingerprint density at radius 1 is 1.21 bits per heavy atom. The maximum absolute atomic E-state index is 11.6. The predicted octanol–water partition coefficient (Wildman–Crippen LogP) is 1.06. The van der Waals surface area contributed by atoms with Crippen LogP contribution in [0.5, 0.6) is 5.75 Å². The number of rotatable bonds is 4. The number of carboxylic acids is 2. The summed E-state index contributed by atoms with van der Waals surface area (Å²) in [5.74, 6) is -3.96. The van der Waals surface area contributed by atoms with E-state index in [1.54, 1.807) is 0 Å². The molecule has 1 amide bonds. The van der Waals surface area contributed by atoms with E-state index in [1.165, 1.54) is 25.1 Å². The molecule has 1 aromatic rings. The summed E-state index contributed by atoms with van der Waals surface area (Å²) in [6.45, 7) is 1.27. The van der Waals surface area contributed by atoms with Crippen LogP contribution in [0, 0.1) is 0 Å². The Labute approximate surface area is 107 Å². The maximum Gasteiger partial charge on any atom is 0.341 e. The Hall–Kier alpha value is -2.83. The van der Waals surface area contributed by atoms with E-state index in [0.717, 1.165) is 0 Å².